The molecule has 7 heteroatoms. The molecular formula is C20H26O7. The van der Waals surface area contributed by atoms with Crippen LogP contribution in [0.5, 0.6) is 0 Å². The van der Waals surface area contributed by atoms with Crippen LogP contribution in [0, 0.1) is 5.92 Å². The van der Waals surface area contributed by atoms with Gasteiger partial charge in [-0.1, -0.05) is 25.3 Å². The molecule has 1 unspecified atom stereocenters. The van der Waals surface area contributed by atoms with E-state index < -0.39 is 47.6 Å². The third-order valence-corrected chi connectivity index (χ3v) is 5.63. The van der Waals surface area contributed by atoms with Gasteiger partial charge in [0.1, 0.15) is 23.9 Å². The van der Waals surface area contributed by atoms with Crippen molar-refractivity contribution in [2.45, 2.75) is 62.8 Å². The van der Waals surface area contributed by atoms with Gasteiger partial charge in [-0.2, -0.15) is 0 Å². The number of methoxy groups -OCH3 is 1. The Labute approximate surface area is 158 Å². The molecule has 3 aliphatic heterocycles. The highest BCUT2D eigenvalue weighted by molar-refractivity contribution is 5.91. The standard InChI is InChI=1S/C20H26O7/c1-10(2)17(21)25-13-7-11(3)8-20(23)9-19(5,24-6)16(27-20)15-14(13)12(4)18(22)26-15/h13-16,23H,1,3-4,7-9H2,2,5-6H3/t13-,14+,15-,16+,19+,20?/m0/s1. The minimum atomic E-state index is -1.50. The lowest BCUT2D eigenvalue weighted by Crippen LogP contribution is -2.49. The number of esters is 2. The molecule has 1 N–H and O–H groups in total. The van der Waals surface area contributed by atoms with E-state index in [0.29, 0.717) is 5.57 Å². The van der Waals surface area contributed by atoms with Crippen LogP contribution >= 0.6 is 0 Å². The van der Waals surface area contributed by atoms with E-state index in [1.54, 1.807) is 13.8 Å². The van der Waals surface area contributed by atoms with Crippen molar-refractivity contribution >= 4 is 11.9 Å². The minimum Gasteiger partial charge on any atom is -0.458 e. The van der Waals surface area contributed by atoms with Crippen molar-refractivity contribution in [3.8, 4) is 0 Å². The molecule has 6 atom stereocenters. The average molecular weight is 378 g/mol. The maximum atomic E-state index is 12.3. The molecule has 3 heterocycles. The fourth-order valence-corrected chi connectivity index (χ4v) is 4.28. The molecule has 3 saturated heterocycles. The van der Waals surface area contributed by atoms with Gasteiger partial charge in [-0.3, -0.25) is 0 Å². The maximum Gasteiger partial charge on any atom is 0.334 e. The zero-order valence-corrected chi connectivity index (χ0v) is 15.9. The quantitative estimate of drug-likeness (QED) is 0.455. The number of rotatable bonds is 3. The van der Waals surface area contributed by atoms with Gasteiger partial charge in [0, 0.05) is 37.5 Å². The maximum absolute atomic E-state index is 12.3. The van der Waals surface area contributed by atoms with Crippen LogP contribution in [-0.4, -0.2) is 53.9 Å². The molecule has 3 rings (SSSR count). The molecule has 0 aromatic heterocycles. The largest absolute Gasteiger partial charge is 0.458 e. The Morgan fingerprint density at radius 3 is 2.63 bits per heavy atom. The van der Waals surface area contributed by atoms with Gasteiger partial charge in [-0.15, -0.1) is 0 Å². The molecular weight excluding hydrogens is 352 g/mol. The Kier molecular flexibility index (Phi) is 4.82. The fourth-order valence-electron chi connectivity index (χ4n) is 4.28. The molecule has 3 aliphatic rings. The van der Waals surface area contributed by atoms with E-state index in [2.05, 4.69) is 19.7 Å². The van der Waals surface area contributed by atoms with Crippen LogP contribution in [-0.2, 0) is 28.5 Å². The van der Waals surface area contributed by atoms with Gasteiger partial charge in [0.05, 0.1) is 5.92 Å². The number of carbonyl (C=O) groups is 2. The van der Waals surface area contributed by atoms with E-state index in [1.807, 2.05) is 0 Å². The van der Waals surface area contributed by atoms with Crippen LogP contribution < -0.4 is 0 Å². The van der Waals surface area contributed by atoms with Crippen molar-refractivity contribution in [3.63, 3.8) is 0 Å². The molecule has 0 aromatic rings. The monoisotopic (exact) mass is 378 g/mol. The number of hydrogen-bond acceptors (Lipinski definition) is 7. The number of hydrogen-bond donors (Lipinski definition) is 1. The minimum absolute atomic E-state index is 0.156. The van der Waals surface area contributed by atoms with Gasteiger partial charge in [-0.05, 0) is 13.8 Å². The molecule has 0 radical (unpaired) electrons. The van der Waals surface area contributed by atoms with Gasteiger partial charge in [0.25, 0.3) is 0 Å². The molecule has 0 amide bonds. The first-order valence-electron chi connectivity index (χ1n) is 8.88. The molecule has 0 spiro atoms. The summed E-state index contributed by atoms with van der Waals surface area (Å²) in [6.45, 7) is 14.8. The van der Waals surface area contributed by atoms with Crippen LogP contribution in [0.25, 0.3) is 0 Å². The summed E-state index contributed by atoms with van der Waals surface area (Å²) in [6, 6.07) is 0. The van der Waals surface area contributed by atoms with E-state index in [1.165, 1.54) is 7.11 Å². The number of aliphatic hydroxyl groups is 1. The molecule has 0 aliphatic carbocycles. The number of fused-ring (bicyclic) bond motifs is 4. The molecule has 27 heavy (non-hydrogen) atoms. The summed E-state index contributed by atoms with van der Waals surface area (Å²) in [6.07, 6.45) is -1.70. The topological polar surface area (TPSA) is 91.3 Å². The third kappa shape index (κ3) is 3.35. The van der Waals surface area contributed by atoms with Gasteiger partial charge in [-0.25, -0.2) is 9.59 Å². The predicted molar refractivity (Wildman–Crippen MR) is 95.4 cm³/mol. The summed E-state index contributed by atoms with van der Waals surface area (Å²) in [4.78, 5) is 24.5. The summed E-state index contributed by atoms with van der Waals surface area (Å²) >= 11 is 0. The summed E-state index contributed by atoms with van der Waals surface area (Å²) in [5.74, 6) is -3.29. The van der Waals surface area contributed by atoms with Crippen LogP contribution in [0.2, 0.25) is 0 Å². The second-order valence-corrected chi connectivity index (χ2v) is 7.95. The molecule has 148 valence electrons. The molecule has 0 saturated carbocycles. The van der Waals surface area contributed by atoms with Crippen molar-refractivity contribution in [1.82, 2.24) is 0 Å². The fraction of sp³-hybridized carbons (Fsp3) is 0.600. The molecule has 3 fully saturated rings. The van der Waals surface area contributed by atoms with Gasteiger partial charge in [0.2, 0.25) is 0 Å². The van der Waals surface area contributed by atoms with Crippen LogP contribution in [0.15, 0.2) is 36.5 Å². The zero-order valence-electron chi connectivity index (χ0n) is 15.9. The molecule has 2 bridgehead atoms. The Bertz CT molecular complexity index is 726. The van der Waals surface area contributed by atoms with Gasteiger partial charge < -0.3 is 24.1 Å². The molecule has 7 nitrogen and oxygen atoms in total. The van der Waals surface area contributed by atoms with Crippen LogP contribution in [0.1, 0.15) is 33.1 Å². The second kappa shape index (κ2) is 6.58. The highest BCUT2D eigenvalue weighted by atomic mass is 16.7. The number of carbonyl (C=O) groups excluding carboxylic acids is 2. The average Bonchev–Trinajstić information content (AvgIpc) is 3.01. The van der Waals surface area contributed by atoms with E-state index in [0.717, 1.165) is 0 Å². The predicted octanol–water partition coefficient (Wildman–Crippen LogP) is 1.80. The Morgan fingerprint density at radius 1 is 1.37 bits per heavy atom. The van der Waals surface area contributed by atoms with Gasteiger partial charge >= 0.3 is 11.9 Å². The Morgan fingerprint density at radius 2 is 2.04 bits per heavy atom. The lowest BCUT2D eigenvalue weighted by molar-refractivity contribution is -0.217. The molecule has 0 aromatic carbocycles. The zero-order chi connectivity index (χ0) is 20.1. The summed E-state index contributed by atoms with van der Waals surface area (Å²) in [7, 11) is 1.52. The van der Waals surface area contributed by atoms with Crippen molar-refractivity contribution in [2.75, 3.05) is 7.11 Å². The van der Waals surface area contributed by atoms with Crippen LogP contribution in [0.4, 0.5) is 0 Å². The smallest absolute Gasteiger partial charge is 0.334 e. The Hall–Kier alpha value is -1.96. The van der Waals surface area contributed by atoms with E-state index >= 15 is 0 Å². The summed E-state index contributed by atoms with van der Waals surface area (Å²) in [5.41, 5.74) is 0.171. The van der Waals surface area contributed by atoms with E-state index in [4.69, 9.17) is 18.9 Å². The summed E-state index contributed by atoms with van der Waals surface area (Å²) in [5, 5.41) is 10.9. The normalized spacial score (nSPS) is 41.3. The van der Waals surface area contributed by atoms with E-state index in [-0.39, 0.29) is 30.4 Å². The second-order valence-electron chi connectivity index (χ2n) is 7.95. The number of ether oxygens (including phenoxy) is 4. The van der Waals surface area contributed by atoms with Crippen molar-refractivity contribution < 1.29 is 33.6 Å². The lowest BCUT2D eigenvalue weighted by Gasteiger charge is -2.35. The Balaban J connectivity index is 2.06. The van der Waals surface area contributed by atoms with Crippen molar-refractivity contribution in [3.05, 3.63) is 36.5 Å². The lowest BCUT2D eigenvalue weighted by atomic mass is 9.78. The first-order chi connectivity index (χ1) is 12.5. The first kappa shape index (κ1) is 19.8. The summed E-state index contributed by atoms with van der Waals surface area (Å²) < 4.78 is 22.8. The highest BCUT2D eigenvalue weighted by Gasteiger charge is 2.62. The van der Waals surface area contributed by atoms with Crippen molar-refractivity contribution in [1.29, 1.82) is 0 Å². The highest BCUT2D eigenvalue weighted by Crippen LogP contribution is 2.50. The SMILES string of the molecule is C=C1C[C@H](OC(=O)C(=C)C)[C@H]2C(=C)C(=O)O[C@@H]2[C@H]2OC(O)(C1)C[C@@]2(C)OC. The van der Waals surface area contributed by atoms with E-state index in [9.17, 15) is 14.7 Å². The van der Waals surface area contributed by atoms with Crippen LogP contribution in [0.3, 0.4) is 0 Å². The first-order valence-corrected chi connectivity index (χ1v) is 8.88. The third-order valence-electron chi connectivity index (χ3n) is 5.63. The van der Waals surface area contributed by atoms with Gasteiger partial charge in [0.15, 0.2) is 5.79 Å². The van der Waals surface area contributed by atoms with Crippen molar-refractivity contribution in [2.24, 2.45) is 5.92 Å².